The van der Waals surface area contributed by atoms with Crippen LogP contribution in [0.1, 0.15) is 25.0 Å². The van der Waals surface area contributed by atoms with E-state index < -0.39 is 0 Å². The summed E-state index contributed by atoms with van der Waals surface area (Å²) in [5.41, 5.74) is 12.8. The van der Waals surface area contributed by atoms with Crippen LogP contribution in [0.25, 0.3) is 56.2 Å². The van der Waals surface area contributed by atoms with Crippen molar-refractivity contribution < 1.29 is 0 Å². The summed E-state index contributed by atoms with van der Waals surface area (Å²) < 4.78 is 0. The Morgan fingerprint density at radius 3 is 1.68 bits per heavy atom. The number of nitrogens with zero attached hydrogens (tertiary/aromatic N) is 2. The van der Waals surface area contributed by atoms with Crippen LogP contribution >= 0.6 is 23.5 Å². The highest BCUT2D eigenvalue weighted by Crippen LogP contribution is 2.56. The average molecular weight is 639 g/mol. The van der Waals surface area contributed by atoms with Crippen molar-refractivity contribution in [2.75, 3.05) is 0 Å². The van der Waals surface area contributed by atoms with E-state index in [0.717, 1.165) is 33.9 Å². The third-order valence-electron chi connectivity index (χ3n) is 9.35. The van der Waals surface area contributed by atoms with Gasteiger partial charge in [-0.3, -0.25) is 0 Å². The van der Waals surface area contributed by atoms with E-state index in [4.69, 9.17) is 9.97 Å². The summed E-state index contributed by atoms with van der Waals surface area (Å²) in [6, 6.07) is 52.1. The first-order valence-corrected chi connectivity index (χ1v) is 17.5. The maximum absolute atomic E-state index is 5.08. The Balaban J connectivity index is 1.13. The van der Waals surface area contributed by atoms with Gasteiger partial charge < -0.3 is 0 Å². The fraction of sp³-hybridized carbons (Fsp3) is 0.0698. The number of rotatable bonds is 4. The summed E-state index contributed by atoms with van der Waals surface area (Å²) in [7, 11) is 0. The topological polar surface area (TPSA) is 25.8 Å². The molecule has 0 N–H and O–H groups in total. The van der Waals surface area contributed by atoms with Gasteiger partial charge >= 0.3 is 0 Å². The molecular weight excluding hydrogens is 609 g/mol. The highest BCUT2D eigenvalue weighted by molar-refractivity contribution is 8.05. The van der Waals surface area contributed by atoms with Crippen molar-refractivity contribution >= 4 is 23.5 Å². The SMILES string of the molecule is CC1(C)c2ccc(-c3cccc(-c4cc(-c5ccccc5)nc(-c5ccccc5)n4)c3)cc2-c2cc3c(cc21)Sc1ccccc1S3. The van der Waals surface area contributed by atoms with Gasteiger partial charge in [0.2, 0.25) is 0 Å². The lowest BCUT2D eigenvalue weighted by atomic mass is 9.82. The van der Waals surface area contributed by atoms with Crippen LogP contribution < -0.4 is 0 Å². The molecule has 7 aromatic rings. The van der Waals surface area contributed by atoms with Gasteiger partial charge in [0, 0.05) is 41.7 Å². The third kappa shape index (κ3) is 4.91. The lowest BCUT2D eigenvalue weighted by Gasteiger charge is -2.24. The lowest BCUT2D eigenvalue weighted by molar-refractivity contribution is 0.657. The van der Waals surface area contributed by atoms with Gasteiger partial charge in [-0.1, -0.05) is 140 Å². The molecule has 2 heterocycles. The zero-order chi connectivity index (χ0) is 31.5. The molecule has 1 aliphatic heterocycles. The van der Waals surface area contributed by atoms with Crippen molar-refractivity contribution in [3.63, 3.8) is 0 Å². The Kier molecular flexibility index (Phi) is 6.70. The average Bonchev–Trinajstić information content (AvgIpc) is 3.35. The second kappa shape index (κ2) is 11.1. The van der Waals surface area contributed by atoms with Gasteiger partial charge in [0.25, 0.3) is 0 Å². The smallest absolute Gasteiger partial charge is 0.160 e. The molecule has 0 amide bonds. The molecule has 1 aliphatic carbocycles. The first-order chi connectivity index (χ1) is 23.0. The molecule has 0 saturated carbocycles. The van der Waals surface area contributed by atoms with E-state index >= 15 is 0 Å². The minimum Gasteiger partial charge on any atom is -0.228 e. The molecule has 0 bridgehead atoms. The van der Waals surface area contributed by atoms with Gasteiger partial charge in [0.1, 0.15) is 0 Å². The Labute approximate surface area is 284 Å². The predicted octanol–water partition coefficient (Wildman–Crippen LogP) is 12.1. The Bertz CT molecular complexity index is 2270. The Hall–Kier alpha value is -4.90. The van der Waals surface area contributed by atoms with Crippen LogP contribution in [-0.2, 0) is 5.41 Å². The van der Waals surface area contributed by atoms with Crippen molar-refractivity contribution in [1.82, 2.24) is 9.97 Å². The molecule has 0 spiro atoms. The number of hydrogen-bond donors (Lipinski definition) is 0. The van der Waals surface area contributed by atoms with Crippen molar-refractivity contribution in [2.45, 2.75) is 38.8 Å². The highest BCUT2D eigenvalue weighted by Gasteiger charge is 2.37. The molecule has 0 atom stereocenters. The van der Waals surface area contributed by atoms with Gasteiger partial charge in [-0.25, -0.2) is 9.97 Å². The molecule has 47 heavy (non-hydrogen) atoms. The largest absolute Gasteiger partial charge is 0.228 e. The van der Waals surface area contributed by atoms with Gasteiger partial charge in [0.15, 0.2) is 5.82 Å². The van der Waals surface area contributed by atoms with Crippen molar-refractivity contribution in [1.29, 1.82) is 0 Å². The quantitative estimate of drug-likeness (QED) is 0.192. The minimum atomic E-state index is -0.0646. The second-order valence-corrected chi connectivity index (χ2v) is 14.8. The Morgan fingerprint density at radius 2 is 0.957 bits per heavy atom. The Morgan fingerprint density at radius 1 is 0.404 bits per heavy atom. The standard InChI is InChI=1S/C43H30N2S2/c1-43(2)34-21-20-30(23-32(34)33-24-40-41(25-35(33)43)47-39-19-10-9-18-38(39)46-40)29-16-11-17-31(22-29)37-26-36(27-12-5-3-6-13-27)44-42(45-37)28-14-7-4-8-15-28/h3-26H,1-2H3. The molecule has 0 fully saturated rings. The number of fused-ring (bicyclic) bond motifs is 5. The summed E-state index contributed by atoms with van der Waals surface area (Å²) in [6.07, 6.45) is 0. The van der Waals surface area contributed by atoms with E-state index in [0.29, 0.717) is 0 Å². The fourth-order valence-corrected chi connectivity index (χ4v) is 9.16. The maximum Gasteiger partial charge on any atom is 0.160 e. The van der Waals surface area contributed by atoms with Crippen LogP contribution in [0.5, 0.6) is 0 Å². The van der Waals surface area contributed by atoms with E-state index in [1.165, 1.54) is 53.0 Å². The van der Waals surface area contributed by atoms with Gasteiger partial charge in [-0.05, 0) is 75.8 Å². The number of aromatic nitrogens is 2. The van der Waals surface area contributed by atoms with E-state index in [1.807, 2.05) is 47.8 Å². The summed E-state index contributed by atoms with van der Waals surface area (Å²) in [4.78, 5) is 15.4. The third-order valence-corrected chi connectivity index (χ3v) is 11.9. The van der Waals surface area contributed by atoms with E-state index in [9.17, 15) is 0 Å². The molecule has 0 unspecified atom stereocenters. The minimum absolute atomic E-state index is 0.0646. The van der Waals surface area contributed by atoms with E-state index in [2.05, 4.69) is 135 Å². The van der Waals surface area contributed by atoms with Crippen LogP contribution in [0.15, 0.2) is 165 Å². The second-order valence-electron chi connectivity index (χ2n) is 12.7. The zero-order valence-electron chi connectivity index (χ0n) is 26.1. The highest BCUT2D eigenvalue weighted by atomic mass is 32.2. The first-order valence-electron chi connectivity index (χ1n) is 15.9. The summed E-state index contributed by atoms with van der Waals surface area (Å²) in [5.74, 6) is 0.728. The molecule has 6 aromatic carbocycles. The monoisotopic (exact) mass is 638 g/mol. The lowest BCUT2D eigenvalue weighted by Crippen LogP contribution is -2.15. The maximum atomic E-state index is 5.08. The molecular formula is C43H30N2S2. The molecule has 0 saturated heterocycles. The van der Waals surface area contributed by atoms with Crippen molar-refractivity contribution in [2.24, 2.45) is 0 Å². The number of benzene rings is 6. The molecule has 9 rings (SSSR count). The van der Waals surface area contributed by atoms with Gasteiger partial charge in [0.05, 0.1) is 11.4 Å². The van der Waals surface area contributed by atoms with Gasteiger partial charge in [-0.2, -0.15) is 0 Å². The van der Waals surface area contributed by atoms with Gasteiger partial charge in [-0.15, -0.1) is 0 Å². The molecule has 4 heteroatoms. The van der Waals surface area contributed by atoms with Crippen LogP contribution in [0.4, 0.5) is 0 Å². The zero-order valence-corrected chi connectivity index (χ0v) is 27.7. The first kappa shape index (κ1) is 28.3. The summed E-state index contributed by atoms with van der Waals surface area (Å²) in [5, 5.41) is 0. The van der Waals surface area contributed by atoms with Crippen LogP contribution in [0, 0.1) is 0 Å². The van der Waals surface area contributed by atoms with Crippen LogP contribution in [0.2, 0.25) is 0 Å². The van der Waals surface area contributed by atoms with Crippen LogP contribution in [-0.4, -0.2) is 9.97 Å². The van der Waals surface area contributed by atoms with Crippen LogP contribution in [0.3, 0.4) is 0 Å². The molecule has 2 aliphatic rings. The van der Waals surface area contributed by atoms with Crippen molar-refractivity contribution in [3.05, 3.63) is 157 Å². The van der Waals surface area contributed by atoms with E-state index in [1.54, 1.807) is 0 Å². The molecule has 1 aromatic heterocycles. The van der Waals surface area contributed by atoms with E-state index in [-0.39, 0.29) is 5.41 Å². The summed E-state index contributed by atoms with van der Waals surface area (Å²) in [6.45, 7) is 4.73. The normalized spacial score (nSPS) is 13.7. The number of hydrogen-bond acceptors (Lipinski definition) is 4. The summed E-state index contributed by atoms with van der Waals surface area (Å²) >= 11 is 3.78. The molecule has 2 nitrogen and oxygen atoms in total. The molecule has 0 radical (unpaired) electrons. The fourth-order valence-electron chi connectivity index (χ4n) is 6.88. The molecule has 224 valence electrons. The predicted molar refractivity (Wildman–Crippen MR) is 196 cm³/mol. The van der Waals surface area contributed by atoms with Crippen molar-refractivity contribution in [3.8, 4) is 56.2 Å².